The molecule has 100 valence electrons. The third kappa shape index (κ3) is 6.85. The molecule has 0 aliphatic carbocycles. The zero-order valence-electron chi connectivity index (χ0n) is 11.0. The lowest BCUT2D eigenvalue weighted by atomic mass is 10.3. The molecule has 2 amide bonds. The van der Waals surface area contributed by atoms with Crippen molar-refractivity contribution in [1.29, 1.82) is 0 Å². The van der Waals surface area contributed by atoms with Gasteiger partial charge < -0.3 is 9.96 Å². The van der Waals surface area contributed by atoms with E-state index in [1.165, 1.54) is 0 Å². The van der Waals surface area contributed by atoms with Crippen LogP contribution in [-0.2, 0) is 9.59 Å². The van der Waals surface area contributed by atoms with E-state index in [1.54, 1.807) is 17.9 Å². The molecule has 0 unspecified atom stereocenters. The number of allylic oxidation sites excluding steroid dienone is 2. The first-order valence-corrected chi connectivity index (χ1v) is 8.52. The quantitative estimate of drug-likeness (QED) is 0.495. The second-order valence-corrected chi connectivity index (χ2v) is 7.47. The minimum atomic E-state index is -2.45. The van der Waals surface area contributed by atoms with E-state index in [0.717, 1.165) is 0 Å². The summed E-state index contributed by atoms with van der Waals surface area (Å²) < 4.78 is 0. The van der Waals surface area contributed by atoms with Crippen molar-refractivity contribution in [3.63, 3.8) is 0 Å². The van der Waals surface area contributed by atoms with E-state index >= 15 is 0 Å². The van der Waals surface area contributed by atoms with Crippen molar-refractivity contribution >= 4 is 20.2 Å². The summed E-state index contributed by atoms with van der Waals surface area (Å²) in [4.78, 5) is 29.0. The van der Waals surface area contributed by atoms with Crippen LogP contribution in [0.4, 0.5) is 0 Å². The highest BCUT2D eigenvalue weighted by molar-refractivity contribution is 6.82. The Hall–Kier alpha value is -1.62. The van der Waals surface area contributed by atoms with E-state index in [1.807, 2.05) is 6.55 Å². The van der Waals surface area contributed by atoms with Gasteiger partial charge in [0, 0.05) is 12.8 Å². The molecule has 4 nitrogen and oxygen atoms in total. The highest BCUT2D eigenvalue weighted by atomic mass is 28.3. The highest BCUT2D eigenvalue weighted by Crippen LogP contribution is 2.00. The lowest BCUT2D eigenvalue weighted by Crippen LogP contribution is -2.62. The predicted molar refractivity (Wildman–Crippen MR) is 77.0 cm³/mol. The van der Waals surface area contributed by atoms with Crippen LogP contribution >= 0.6 is 0 Å². The molecule has 0 aliphatic heterocycles. The van der Waals surface area contributed by atoms with Crippen molar-refractivity contribution in [3.05, 3.63) is 37.6 Å². The first-order chi connectivity index (χ1) is 8.47. The van der Waals surface area contributed by atoms with Gasteiger partial charge in [0.1, 0.15) is 0 Å². The summed E-state index contributed by atoms with van der Waals surface area (Å²) in [5.74, 6) is -0.180. The molecule has 0 aromatic carbocycles. The fourth-order valence-corrected chi connectivity index (χ4v) is 2.98. The van der Waals surface area contributed by atoms with Gasteiger partial charge in [-0.05, 0) is 19.4 Å². The van der Waals surface area contributed by atoms with Crippen LogP contribution in [0, 0.1) is 0 Å². The summed E-state index contributed by atoms with van der Waals surface area (Å²) >= 11 is 0. The maximum atomic E-state index is 11.6. The van der Waals surface area contributed by atoms with Crippen molar-refractivity contribution in [3.8, 4) is 0 Å². The van der Waals surface area contributed by atoms with Crippen LogP contribution in [0.1, 0.15) is 25.7 Å². The van der Waals surface area contributed by atoms with Gasteiger partial charge >= 0.3 is 0 Å². The van der Waals surface area contributed by atoms with Crippen molar-refractivity contribution in [2.75, 3.05) is 0 Å². The van der Waals surface area contributed by atoms with E-state index in [-0.39, 0.29) is 11.8 Å². The second-order valence-electron chi connectivity index (χ2n) is 4.16. The molecular weight excluding hydrogens is 244 g/mol. The van der Waals surface area contributed by atoms with Crippen LogP contribution in [0.15, 0.2) is 37.6 Å². The Kier molecular flexibility index (Phi) is 7.70. The molecule has 0 aromatic heterocycles. The molecule has 0 heterocycles. The van der Waals surface area contributed by atoms with Gasteiger partial charge in [-0.3, -0.25) is 9.59 Å². The Bertz CT molecular complexity index is 314. The number of carbonyl (C=O) groups excluding carboxylic acids is 2. The molecule has 0 spiro atoms. The molecule has 0 saturated heterocycles. The third-order valence-corrected chi connectivity index (χ3v) is 4.77. The third-order valence-electron chi connectivity index (χ3n) is 2.36. The largest absolute Gasteiger partial charge is 0.362 e. The Morgan fingerprint density at radius 1 is 1.00 bits per heavy atom. The molecule has 0 aromatic rings. The number of hydrogen-bond acceptors (Lipinski definition) is 2. The van der Waals surface area contributed by atoms with Gasteiger partial charge in [-0.2, -0.15) is 0 Å². The van der Waals surface area contributed by atoms with Gasteiger partial charge in [0.15, 0.2) is 0 Å². The smallest absolute Gasteiger partial charge is 0.285 e. The molecule has 0 saturated carbocycles. The van der Waals surface area contributed by atoms with Crippen LogP contribution in [0.2, 0.25) is 6.55 Å². The molecule has 0 atom stereocenters. The molecule has 0 fully saturated rings. The van der Waals surface area contributed by atoms with E-state index in [0.29, 0.717) is 25.7 Å². The summed E-state index contributed by atoms with van der Waals surface area (Å²) in [5.41, 5.74) is 1.64. The number of hydrogen-bond donors (Lipinski definition) is 2. The zero-order chi connectivity index (χ0) is 14.0. The fraction of sp³-hybridized carbons (Fsp3) is 0.385. The Morgan fingerprint density at radius 2 is 1.39 bits per heavy atom. The minimum Gasteiger partial charge on any atom is -0.362 e. The SMILES string of the molecule is C=CCCC(=O)N[Si](C)(C=C)NC(=O)CCC=C. The van der Waals surface area contributed by atoms with Crippen LogP contribution in [0.3, 0.4) is 0 Å². The molecule has 5 heteroatoms. The van der Waals surface area contributed by atoms with Gasteiger partial charge in [-0.25, -0.2) is 0 Å². The van der Waals surface area contributed by atoms with Crippen molar-refractivity contribution in [2.24, 2.45) is 0 Å². The van der Waals surface area contributed by atoms with Gasteiger partial charge in [0.25, 0.3) is 8.40 Å². The summed E-state index contributed by atoms with van der Waals surface area (Å²) in [5, 5.41) is 0. The maximum absolute atomic E-state index is 11.6. The topological polar surface area (TPSA) is 58.2 Å². The predicted octanol–water partition coefficient (Wildman–Crippen LogP) is 1.95. The molecular formula is C13H22N2O2Si. The highest BCUT2D eigenvalue weighted by Gasteiger charge is 2.28. The van der Waals surface area contributed by atoms with Crippen LogP contribution in [0.25, 0.3) is 0 Å². The lowest BCUT2D eigenvalue weighted by Gasteiger charge is -2.25. The molecule has 0 radical (unpaired) electrons. The van der Waals surface area contributed by atoms with Crippen LogP contribution < -0.4 is 9.96 Å². The molecule has 2 N–H and O–H groups in total. The average Bonchev–Trinajstić information content (AvgIpc) is 2.33. The first-order valence-electron chi connectivity index (χ1n) is 5.95. The number of nitrogens with one attached hydrogen (secondary N) is 2. The van der Waals surface area contributed by atoms with Crippen molar-refractivity contribution in [1.82, 2.24) is 9.96 Å². The van der Waals surface area contributed by atoms with Crippen molar-refractivity contribution in [2.45, 2.75) is 32.2 Å². The number of rotatable bonds is 9. The monoisotopic (exact) mass is 266 g/mol. The average molecular weight is 266 g/mol. The molecule has 0 aliphatic rings. The number of amides is 2. The molecule has 18 heavy (non-hydrogen) atoms. The minimum absolute atomic E-state index is 0.0898. The van der Waals surface area contributed by atoms with E-state index in [9.17, 15) is 9.59 Å². The second kappa shape index (κ2) is 8.47. The lowest BCUT2D eigenvalue weighted by molar-refractivity contribution is -0.119. The Balaban J connectivity index is 4.36. The summed E-state index contributed by atoms with van der Waals surface area (Å²) in [6.07, 6.45) is 5.38. The summed E-state index contributed by atoms with van der Waals surface area (Å²) in [7, 11) is -2.45. The van der Waals surface area contributed by atoms with Crippen molar-refractivity contribution < 1.29 is 9.59 Å². The van der Waals surface area contributed by atoms with E-state index in [4.69, 9.17) is 0 Å². The van der Waals surface area contributed by atoms with Crippen LogP contribution in [0.5, 0.6) is 0 Å². The summed E-state index contributed by atoms with van der Waals surface area (Å²) in [6, 6.07) is 0. The Labute approximate surface area is 110 Å². The van der Waals surface area contributed by atoms with E-state index < -0.39 is 8.40 Å². The van der Waals surface area contributed by atoms with Gasteiger partial charge in [0.05, 0.1) is 0 Å². The molecule has 0 rings (SSSR count). The normalized spacial score (nSPS) is 10.3. The van der Waals surface area contributed by atoms with Gasteiger partial charge in [-0.15, -0.1) is 19.7 Å². The van der Waals surface area contributed by atoms with Crippen LogP contribution in [-0.4, -0.2) is 20.2 Å². The van der Waals surface area contributed by atoms with Gasteiger partial charge in [0.2, 0.25) is 11.8 Å². The molecule has 0 bridgehead atoms. The summed E-state index contributed by atoms with van der Waals surface area (Å²) in [6.45, 7) is 12.6. The van der Waals surface area contributed by atoms with Gasteiger partial charge in [-0.1, -0.05) is 17.9 Å². The maximum Gasteiger partial charge on any atom is 0.285 e. The standard InChI is InChI=1S/C13H22N2O2Si/c1-5-8-10-12(16)14-18(4,7-3)15-13(17)11-9-6-2/h5-7H,1-3,8-11H2,4H3,(H,14,16)(H,15,17). The first kappa shape index (κ1) is 16.4. The number of carbonyl (C=O) groups is 2. The fourth-order valence-electron chi connectivity index (χ4n) is 1.30. The zero-order valence-corrected chi connectivity index (χ0v) is 12.0. The Morgan fingerprint density at radius 3 is 1.67 bits per heavy atom. The van der Waals surface area contributed by atoms with E-state index in [2.05, 4.69) is 29.7 Å².